The molecule has 0 atom stereocenters. The lowest BCUT2D eigenvalue weighted by atomic mass is 10.3. The van der Waals surface area contributed by atoms with Crippen LogP contribution in [0.1, 0.15) is 5.56 Å². The third-order valence-electron chi connectivity index (χ3n) is 1.13. The smallest absolute Gasteiger partial charge is 0.250 e. The fraction of sp³-hybridized carbons (Fsp3) is 0.167. The molecule has 0 bridgehead atoms. The molecule has 1 rings (SSSR count). The SMILES string of the molecule is O=c1ccc(CF)c(O)[nH]1. The molecule has 0 aromatic carbocycles. The minimum absolute atomic E-state index is 0.0969. The Morgan fingerprint density at radius 3 is 2.80 bits per heavy atom. The zero-order valence-electron chi connectivity index (χ0n) is 5.10. The third-order valence-corrected chi connectivity index (χ3v) is 1.13. The van der Waals surface area contributed by atoms with Gasteiger partial charge in [-0.2, -0.15) is 0 Å². The van der Waals surface area contributed by atoms with Crippen LogP contribution in [0.25, 0.3) is 0 Å². The van der Waals surface area contributed by atoms with Gasteiger partial charge in [0, 0.05) is 11.6 Å². The van der Waals surface area contributed by atoms with Gasteiger partial charge in [0.2, 0.25) is 0 Å². The zero-order valence-corrected chi connectivity index (χ0v) is 5.10. The highest BCUT2D eigenvalue weighted by Crippen LogP contribution is 2.10. The van der Waals surface area contributed by atoms with Gasteiger partial charge in [-0.25, -0.2) is 4.39 Å². The summed E-state index contributed by atoms with van der Waals surface area (Å²) in [6, 6.07) is 2.41. The molecule has 0 radical (unpaired) electrons. The van der Waals surface area contributed by atoms with Crippen molar-refractivity contribution >= 4 is 0 Å². The molecule has 0 aliphatic carbocycles. The van der Waals surface area contributed by atoms with Crippen LogP contribution >= 0.6 is 0 Å². The second-order valence-corrected chi connectivity index (χ2v) is 1.83. The number of H-pyrrole nitrogens is 1. The number of aromatic amines is 1. The summed E-state index contributed by atoms with van der Waals surface area (Å²) >= 11 is 0. The summed E-state index contributed by atoms with van der Waals surface area (Å²) in [6.07, 6.45) is 0. The van der Waals surface area contributed by atoms with Crippen LogP contribution in [-0.4, -0.2) is 10.1 Å². The molecule has 4 heteroatoms. The monoisotopic (exact) mass is 143 g/mol. The molecular formula is C6H6FNO2. The van der Waals surface area contributed by atoms with E-state index in [1.165, 1.54) is 6.07 Å². The lowest BCUT2D eigenvalue weighted by molar-refractivity contribution is 0.416. The second kappa shape index (κ2) is 2.51. The van der Waals surface area contributed by atoms with Crippen molar-refractivity contribution in [1.29, 1.82) is 0 Å². The van der Waals surface area contributed by atoms with Gasteiger partial charge < -0.3 is 5.11 Å². The van der Waals surface area contributed by atoms with Crippen molar-refractivity contribution < 1.29 is 9.50 Å². The van der Waals surface area contributed by atoms with Gasteiger partial charge in [0.1, 0.15) is 6.67 Å². The van der Waals surface area contributed by atoms with Gasteiger partial charge in [-0.15, -0.1) is 0 Å². The fourth-order valence-electron chi connectivity index (χ4n) is 0.602. The minimum Gasteiger partial charge on any atom is -0.494 e. The van der Waals surface area contributed by atoms with E-state index in [1.54, 1.807) is 0 Å². The van der Waals surface area contributed by atoms with Crippen LogP contribution in [0.5, 0.6) is 5.88 Å². The number of pyridine rings is 1. The molecule has 54 valence electrons. The van der Waals surface area contributed by atoms with E-state index in [9.17, 15) is 9.18 Å². The van der Waals surface area contributed by atoms with Crippen LogP contribution < -0.4 is 5.56 Å². The highest BCUT2D eigenvalue weighted by molar-refractivity contribution is 5.22. The summed E-state index contributed by atoms with van der Waals surface area (Å²) in [5.74, 6) is -0.394. The number of halogens is 1. The van der Waals surface area contributed by atoms with Crippen LogP contribution in [-0.2, 0) is 6.67 Å². The standard InChI is InChI=1S/C6H6FNO2/c7-3-4-1-2-5(9)8-6(4)10/h1-2H,3H2,(H2,8,9,10). The Bertz CT molecular complexity index is 281. The van der Waals surface area contributed by atoms with E-state index >= 15 is 0 Å². The van der Waals surface area contributed by atoms with E-state index in [-0.39, 0.29) is 5.56 Å². The van der Waals surface area contributed by atoms with Crippen molar-refractivity contribution in [3.05, 3.63) is 28.0 Å². The third kappa shape index (κ3) is 1.15. The van der Waals surface area contributed by atoms with Gasteiger partial charge in [-0.3, -0.25) is 9.78 Å². The second-order valence-electron chi connectivity index (χ2n) is 1.83. The summed E-state index contributed by atoms with van der Waals surface area (Å²) in [6.45, 7) is -0.775. The van der Waals surface area contributed by atoms with Crippen molar-refractivity contribution in [3.63, 3.8) is 0 Å². The molecule has 1 heterocycles. The molecule has 0 amide bonds. The Hall–Kier alpha value is -1.32. The van der Waals surface area contributed by atoms with Crippen molar-refractivity contribution in [2.45, 2.75) is 6.67 Å². The molecule has 10 heavy (non-hydrogen) atoms. The number of hydrogen-bond donors (Lipinski definition) is 2. The first-order chi connectivity index (χ1) is 4.74. The summed E-state index contributed by atoms with van der Waals surface area (Å²) < 4.78 is 11.8. The van der Waals surface area contributed by atoms with Crippen LogP contribution in [0.15, 0.2) is 16.9 Å². The van der Waals surface area contributed by atoms with E-state index in [0.29, 0.717) is 0 Å². The Morgan fingerprint density at radius 2 is 2.30 bits per heavy atom. The molecular weight excluding hydrogens is 137 g/mol. The first-order valence-corrected chi connectivity index (χ1v) is 2.71. The lowest BCUT2D eigenvalue weighted by Gasteiger charge is -1.95. The molecule has 0 aliphatic rings. The average molecular weight is 143 g/mol. The van der Waals surface area contributed by atoms with Crippen molar-refractivity contribution in [2.24, 2.45) is 0 Å². The van der Waals surface area contributed by atoms with Gasteiger partial charge in [0.25, 0.3) is 5.56 Å². The zero-order chi connectivity index (χ0) is 7.56. The molecule has 0 aliphatic heterocycles. The Kier molecular flexibility index (Phi) is 1.71. The molecule has 3 nitrogen and oxygen atoms in total. The predicted octanol–water partition coefficient (Wildman–Crippen LogP) is 0.550. The Morgan fingerprint density at radius 1 is 1.60 bits per heavy atom. The minimum atomic E-state index is -0.775. The Labute approximate surface area is 56.1 Å². The number of hydrogen-bond acceptors (Lipinski definition) is 2. The maximum absolute atomic E-state index is 11.8. The number of rotatable bonds is 1. The van der Waals surface area contributed by atoms with E-state index in [2.05, 4.69) is 0 Å². The number of aromatic nitrogens is 1. The highest BCUT2D eigenvalue weighted by Gasteiger charge is 1.98. The number of alkyl halides is 1. The molecule has 0 spiro atoms. The average Bonchev–Trinajstić information content (AvgIpc) is 1.88. The Balaban J connectivity index is 3.19. The van der Waals surface area contributed by atoms with E-state index in [4.69, 9.17) is 5.11 Å². The summed E-state index contributed by atoms with van der Waals surface area (Å²) in [5.41, 5.74) is -0.339. The first-order valence-electron chi connectivity index (χ1n) is 2.71. The molecule has 0 unspecified atom stereocenters. The van der Waals surface area contributed by atoms with Gasteiger partial charge in [0.05, 0.1) is 0 Å². The topological polar surface area (TPSA) is 53.1 Å². The molecule has 0 saturated carbocycles. The van der Waals surface area contributed by atoms with Crippen molar-refractivity contribution in [2.75, 3.05) is 0 Å². The molecule has 0 saturated heterocycles. The molecule has 1 aromatic rings. The van der Waals surface area contributed by atoms with Crippen LogP contribution in [0.2, 0.25) is 0 Å². The van der Waals surface area contributed by atoms with Gasteiger partial charge in [-0.1, -0.05) is 0 Å². The summed E-state index contributed by atoms with van der Waals surface area (Å²) in [5, 5.41) is 8.80. The largest absolute Gasteiger partial charge is 0.494 e. The maximum atomic E-state index is 11.8. The van der Waals surface area contributed by atoms with Crippen molar-refractivity contribution in [1.82, 2.24) is 4.98 Å². The first kappa shape index (κ1) is 6.80. The predicted molar refractivity (Wildman–Crippen MR) is 33.5 cm³/mol. The van der Waals surface area contributed by atoms with Crippen LogP contribution in [0.4, 0.5) is 4.39 Å². The van der Waals surface area contributed by atoms with E-state index < -0.39 is 18.1 Å². The van der Waals surface area contributed by atoms with E-state index in [0.717, 1.165) is 6.07 Å². The highest BCUT2D eigenvalue weighted by atomic mass is 19.1. The quantitative estimate of drug-likeness (QED) is 0.603. The maximum Gasteiger partial charge on any atom is 0.250 e. The van der Waals surface area contributed by atoms with Crippen LogP contribution in [0, 0.1) is 0 Å². The number of aromatic hydroxyl groups is 1. The summed E-state index contributed by atoms with van der Waals surface area (Å²) in [4.78, 5) is 12.5. The normalized spacial score (nSPS) is 9.70. The molecule has 2 N–H and O–H groups in total. The van der Waals surface area contributed by atoms with Crippen molar-refractivity contribution in [3.8, 4) is 5.88 Å². The van der Waals surface area contributed by atoms with Crippen LogP contribution in [0.3, 0.4) is 0 Å². The number of nitrogens with one attached hydrogen (secondary N) is 1. The molecule has 0 fully saturated rings. The summed E-state index contributed by atoms with van der Waals surface area (Å²) in [7, 11) is 0. The molecule has 1 aromatic heterocycles. The van der Waals surface area contributed by atoms with Gasteiger partial charge in [0.15, 0.2) is 5.88 Å². The van der Waals surface area contributed by atoms with Gasteiger partial charge in [-0.05, 0) is 6.07 Å². The lowest BCUT2D eigenvalue weighted by Crippen LogP contribution is -2.03. The fourth-order valence-corrected chi connectivity index (χ4v) is 0.602. The van der Waals surface area contributed by atoms with Gasteiger partial charge >= 0.3 is 0 Å². The van der Waals surface area contributed by atoms with E-state index in [1.807, 2.05) is 4.98 Å².